The molecule has 0 bridgehead atoms. The molecule has 0 aromatic carbocycles. The minimum atomic E-state index is 0.242. The van der Waals surface area contributed by atoms with Gasteiger partial charge in [0.15, 0.2) is 0 Å². The Bertz CT molecular complexity index is 441. The third-order valence-electron chi connectivity index (χ3n) is 2.30. The first-order valence-corrected chi connectivity index (χ1v) is 5.96. The molecule has 84 valence electrons. The van der Waals surface area contributed by atoms with E-state index >= 15 is 0 Å². The van der Waals surface area contributed by atoms with Gasteiger partial charge in [-0.2, -0.15) is 11.3 Å². The lowest BCUT2D eigenvalue weighted by molar-refractivity contribution is 0.880. The topological polar surface area (TPSA) is 63.0 Å². The number of nitrogens with zero attached hydrogens (tertiary/aromatic N) is 1. The summed E-state index contributed by atoms with van der Waals surface area (Å²) in [6.45, 7) is 2.10. The van der Waals surface area contributed by atoms with E-state index in [0.717, 1.165) is 5.82 Å². The molecule has 0 aliphatic carbocycles. The molecule has 16 heavy (non-hydrogen) atoms. The van der Waals surface area contributed by atoms with Crippen LogP contribution in [0.25, 0.3) is 0 Å². The van der Waals surface area contributed by atoms with E-state index in [1.54, 1.807) is 11.3 Å². The van der Waals surface area contributed by atoms with Crippen molar-refractivity contribution < 1.29 is 0 Å². The Morgan fingerprint density at radius 3 is 2.81 bits per heavy atom. The Kier molecular flexibility index (Phi) is 3.38. The van der Waals surface area contributed by atoms with E-state index in [9.17, 15) is 0 Å². The van der Waals surface area contributed by atoms with Crippen LogP contribution in [-0.4, -0.2) is 4.98 Å². The van der Waals surface area contributed by atoms with E-state index in [-0.39, 0.29) is 6.04 Å². The van der Waals surface area contributed by atoms with E-state index in [1.807, 2.05) is 18.2 Å². The molecule has 0 aliphatic rings. The van der Waals surface area contributed by atoms with Gasteiger partial charge >= 0.3 is 0 Å². The number of nitrogen functional groups attached to an aromatic ring is 1. The van der Waals surface area contributed by atoms with Gasteiger partial charge in [0.05, 0.1) is 6.04 Å². The van der Waals surface area contributed by atoms with Gasteiger partial charge in [-0.15, -0.1) is 0 Å². The quantitative estimate of drug-likeness (QED) is 0.562. The van der Waals surface area contributed by atoms with Crippen LogP contribution in [0.3, 0.4) is 0 Å². The number of anilines is 2. The monoisotopic (exact) mass is 234 g/mol. The van der Waals surface area contributed by atoms with E-state index < -0.39 is 0 Å². The second kappa shape index (κ2) is 4.96. The molecule has 2 heterocycles. The fraction of sp³-hybridized carbons (Fsp3) is 0.182. The summed E-state index contributed by atoms with van der Waals surface area (Å²) < 4.78 is 0. The number of nitrogens with two attached hydrogens (primary N) is 1. The fourth-order valence-corrected chi connectivity index (χ4v) is 2.18. The van der Waals surface area contributed by atoms with Crippen LogP contribution in [0.5, 0.6) is 0 Å². The van der Waals surface area contributed by atoms with Crippen molar-refractivity contribution in [1.29, 1.82) is 0 Å². The van der Waals surface area contributed by atoms with E-state index in [2.05, 4.69) is 39.5 Å². The lowest BCUT2D eigenvalue weighted by Crippen LogP contribution is -2.11. The molecule has 2 aromatic heterocycles. The lowest BCUT2D eigenvalue weighted by atomic mass is 10.2. The number of aromatic nitrogens is 1. The van der Waals surface area contributed by atoms with Crippen LogP contribution in [0.1, 0.15) is 18.5 Å². The van der Waals surface area contributed by atoms with Crippen molar-refractivity contribution in [2.45, 2.75) is 13.0 Å². The summed E-state index contributed by atoms with van der Waals surface area (Å²) in [6, 6.07) is 7.99. The molecule has 1 unspecified atom stereocenters. The van der Waals surface area contributed by atoms with Crippen molar-refractivity contribution in [2.75, 3.05) is 10.7 Å². The molecule has 0 spiro atoms. The molecule has 0 fully saturated rings. The maximum Gasteiger partial charge on any atom is 0.142 e. The van der Waals surface area contributed by atoms with Gasteiger partial charge in [0.1, 0.15) is 11.6 Å². The van der Waals surface area contributed by atoms with Gasteiger partial charge in [0.25, 0.3) is 0 Å². The first kappa shape index (κ1) is 10.9. The highest BCUT2D eigenvalue weighted by Crippen LogP contribution is 2.20. The molecule has 1 atom stereocenters. The van der Waals surface area contributed by atoms with Crippen LogP contribution in [-0.2, 0) is 0 Å². The molecule has 0 saturated carbocycles. The summed E-state index contributed by atoms with van der Waals surface area (Å²) in [6.07, 6.45) is 0. The van der Waals surface area contributed by atoms with E-state index in [1.165, 1.54) is 5.56 Å². The first-order valence-electron chi connectivity index (χ1n) is 5.02. The molecule has 2 aromatic rings. The lowest BCUT2D eigenvalue weighted by Gasteiger charge is -2.13. The summed E-state index contributed by atoms with van der Waals surface area (Å²) in [4.78, 5) is 4.30. The Hall–Kier alpha value is -1.59. The average molecular weight is 234 g/mol. The number of nitrogens with one attached hydrogen (secondary N) is 2. The molecule has 0 radical (unpaired) electrons. The highest BCUT2D eigenvalue weighted by molar-refractivity contribution is 7.07. The highest BCUT2D eigenvalue weighted by atomic mass is 32.1. The first-order chi connectivity index (χ1) is 7.79. The molecule has 0 saturated heterocycles. The standard InChI is InChI=1S/C11H14N4S/c1-8(9-5-6-16-7-9)13-10-3-2-4-11(14-10)15-12/h2-8H,12H2,1H3,(H2,13,14,15). The number of hydrogen-bond acceptors (Lipinski definition) is 5. The maximum atomic E-state index is 5.31. The van der Waals surface area contributed by atoms with Crippen LogP contribution in [0, 0.1) is 0 Å². The molecular formula is C11H14N4S. The van der Waals surface area contributed by atoms with E-state index in [4.69, 9.17) is 5.84 Å². The number of hydrogen-bond donors (Lipinski definition) is 3. The minimum absolute atomic E-state index is 0.242. The van der Waals surface area contributed by atoms with Crippen LogP contribution in [0.4, 0.5) is 11.6 Å². The van der Waals surface area contributed by atoms with Crippen molar-refractivity contribution in [1.82, 2.24) is 4.98 Å². The van der Waals surface area contributed by atoms with Gasteiger partial charge in [-0.25, -0.2) is 10.8 Å². The number of hydrazine groups is 1. The molecule has 0 aliphatic heterocycles. The second-order valence-corrected chi connectivity index (χ2v) is 4.26. The zero-order valence-corrected chi connectivity index (χ0v) is 9.79. The van der Waals surface area contributed by atoms with Gasteiger partial charge in [-0.1, -0.05) is 6.07 Å². The Morgan fingerprint density at radius 2 is 2.12 bits per heavy atom. The van der Waals surface area contributed by atoms with Crippen molar-refractivity contribution >= 4 is 23.0 Å². The van der Waals surface area contributed by atoms with Gasteiger partial charge in [-0.05, 0) is 41.4 Å². The average Bonchev–Trinajstić information content (AvgIpc) is 2.83. The van der Waals surface area contributed by atoms with Gasteiger partial charge < -0.3 is 10.7 Å². The zero-order chi connectivity index (χ0) is 11.4. The smallest absolute Gasteiger partial charge is 0.142 e. The molecule has 0 amide bonds. The van der Waals surface area contributed by atoms with Crippen molar-refractivity contribution in [3.05, 3.63) is 40.6 Å². The summed E-state index contributed by atoms with van der Waals surface area (Å²) in [7, 11) is 0. The molecular weight excluding hydrogens is 220 g/mol. The second-order valence-electron chi connectivity index (χ2n) is 3.48. The summed E-state index contributed by atoms with van der Waals surface area (Å²) in [5.41, 5.74) is 3.79. The minimum Gasteiger partial charge on any atom is -0.363 e. The SMILES string of the molecule is CC(Nc1cccc(NN)n1)c1ccsc1. The third-order valence-corrected chi connectivity index (χ3v) is 3.01. The van der Waals surface area contributed by atoms with Crippen molar-refractivity contribution in [3.8, 4) is 0 Å². The van der Waals surface area contributed by atoms with Crippen LogP contribution >= 0.6 is 11.3 Å². The summed E-state index contributed by atoms with van der Waals surface area (Å²) >= 11 is 1.69. The number of pyridine rings is 1. The Balaban J connectivity index is 2.08. The van der Waals surface area contributed by atoms with Crippen molar-refractivity contribution in [2.24, 2.45) is 5.84 Å². The predicted octanol–water partition coefficient (Wildman–Crippen LogP) is 2.60. The zero-order valence-electron chi connectivity index (χ0n) is 8.97. The highest BCUT2D eigenvalue weighted by Gasteiger charge is 2.06. The number of rotatable bonds is 4. The molecule has 5 heteroatoms. The van der Waals surface area contributed by atoms with Gasteiger partial charge in [0, 0.05) is 0 Å². The van der Waals surface area contributed by atoms with E-state index in [0.29, 0.717) is 5.82 Å². The largest absolute Gasteiger partial charge is 0.363 e. The fourth-order valence-electron chi connectivity index (χ4n) is 1.42. The summed E-state index contributed by atoms with van der Waals surface area (Å²) in [5.74, 6) is 6.77. The third kappa shape index (κ3) is 2.50. The Labute approximate surface area is 98.5 Å². The molecule has 4 nitrogen and oxygen atoms in total. The van der Waals surface area contributed by atoms with Gasteiger partial charge in [-0.3, -0.25) is 0 Å². The molecule has 4 N–H and O–H groups in total. The van der Waals surface area contributed by atoms with Gasteiger partial charge in [0.2, 0.25) is 0 Å². The summed E-state index contributed by atoms with van der Waals surface area (Å²) in [5, 5.41) is 7.51. The van der Waals surface area contributed by atoms with Crippen molar-refractivity contribution in [3.63, 3.8) is 0 Å². The predicted molar refractivity (Wildman–Crippen MR) is 68.4 cm³/mol. The van der Waals surface area contributed by atoms with Crippen LogP contribution in [0.2, 0.25) is 0 Å². The maximum absolute atomic E-state index is 5.31. The van der Waals surface area contributed by atoms with Crippen LogP contribution < -0.4 is 16.6 Å². The molecule has 2 rings (SSSR count). The number of thiophene rings is 1. The normalized spacial score (nSPS) is 12.1. The van der Waals surface area contributed by atoms with Crippen LogP contribution in [0.15, 0.2) is 35.0 Å². The Morgan fingerprint density at radius 1 is 1.31 bits per heavy atom.